The molecule has 1 amide bonds. The van der Waals surface area contributed by atoms with Crippen LogP contribution in [0.1, 0.15) is 38.6 Å². The monoisotopic (exact) mass is 495 g/mol. The molecule has 0 fully saturated rings. The van der Waals surface area contributed by atoms with Crippen molar-refractivity contribution >= 4 is 27.7 Å². The van der Waals surface area contributed by atoms with Gasteiger partial charge in [0.1, 0.15) is 5.82 Å². The smallest absolute Gasteiger partial charge is 0.256 e. The van der Waals surface area contributed by atoms with Gasteiger partial charge in [0.15, 0.2) is 5.82 Å². The van der Waals surface area contributed by atoms with Crippen LogP contribution in [-0.4, -0.2) is 25.5 Å². The zero-order chi connectivity index (χ0) is 22.8. The van der Waals surface area contributed by atoms with Crippen LogP contribution < -0.4 is 5.32 Å². The summed E-state index contributed by atoms with van der Waals surface area (Å²) in [5.74, 6) is -0.0951. The number of hydrogen-bond acceptors (Lipinski definition) is 3. The molecule has 0 aliphatic heterocycles. The van der Waals surface area contributed by atoms with Gasteiger partial charge in [-0.3, -0.25) is 14.2 Å². The number of aromatic nitrogens is 4. The predicted octanol–water partition coefficient (Wildman–Crippen LogP) is 5.26. The van der Waals surface area contributed by atoms with Gasteiger partial charge >= 0.3 is 0 Å². The fraction of sp³-hybridized carbons (Fsp3) is 0.208. The van der Waals surface area contributed by atoms with E-state index in [1.807, 2.05) is 37.6 Å². The SMILES string of the molecule is Cc1nn(Cc2ccc(C(=O)Nc3cc(C)n(Cc4ccccc4F)n3)cc2)c(C)c1Br. The van der Waals surface area contributed by atoms with Crippen LogP contribution in [0.4, 0.5) is 10.2 Å². The number of halogens is 2. The molecule has 0 saturated heterocycles. The fourth-order valence-corrected chi connectivity index (χ4v) is 3.76. The van der Waals surface area contributed by atoms with E-state index in [-0.39, 0.29) is 11.7 Å². The Labute approximate surface area is 194 Å². The van der Waals surface area contributed by atoms with E-state index in [1.54, 1.807) is 41.1 Å². The molecule has 6 nitrogen and oxygen atoms in total. The molecule has 2 aromatic carbocycles. The van der Waals surface area contributed by atoms with Crippen LogP contribution in [0.3, 0.4) is 0 Å². The summed E-state index contributed by atoms with van der Waals surface area (Å²) in [7, 11) is 0. The van der Waals surface area contributed by atoms with Gasteiger partial charge in [-0.1, -0.05) is 30.3 Å². The van der Waals surface area contributed by atoms with E-state index in [4.69, 9.17) is 0 Å². The van der Waals surface area contributed by atoms with E-state index in [9.17, 15) is 9.18 Å². The topological polar surface area (TPSA) is 64.7 Å². The lowest BCUT2D eigenvalue weighted by molar-refractivity contribution is 0.102. The second kappa shape index (κ2) is 9.08. The van der Waals surface area contributed by atoms with Crippen molar-refractivity contribution in [1.29, 1.82) is 0 Å². The molecule has 4 rings (SSSR count). The molecule has 32 heavy (non-hydrogen) atoms. The Bertz CT molecular complexity index is 1280. The van der Waals surface area contributed by atoms with Crippen molar-refractivity contribution in [2.75, 3.05) is 5.32 Å². The van der Waals surface area contributed by atoms with Gasteiger partial charge in [0.05, 0.1) is 29.0 Å². The van der Waals surface area contributed by atoms with Gasteiger partial charge in [-0.05, 0) is 60.5 Å². The molecule has 0 aliphatic rings. The van der Waals surface area contributed by atoms with Crippen molar-refractivity contribution in [2.24, 2.45) is 0 Å². The number of nitrogens with one attached hydrogen (secondary N) is 1. The maximum absolute atomic E-state index is 13.9. The second-order valence-corrected chi connectivity index (χ2v) is 8.51. The van der Waals surface area contributed by atoms with Crippen LogP contribution in [0.5, 0.6) is 0 Å². The summed E-state index contributed by atoms with van der Waals surface area (Å²) in [6, 6.07) is 15.8. The minimum absolute atomic E-state index is 0.249. The zero-order valence-electron chi connectivity index (χ0n) is 18.1. The lowest BCUT2D eigenvalue weighted by Gasteiger charge is -2.07. The molecule has 0 unspecified atom stereocenters. The van der Waals surface area contributed by atoms with E-state index in [1.165, 1.54) is 6.07 Å². The van der Waals surface area contributed by atoms with E-state index in [0.29, 0.717) is 30.0 Å². The Balaban J connectivity index is 1.43. The molecule has 1 N–H and O–H groups in total. The minimum Gasteiger partial charge on any atom is -0.305 e. The van der Waals surface area contributed by atoms with Crippen molar-refractivity contribution in [2.45, 2.75) is 33.9 Å². The predicted molar refractivity (Wildman–Crippen MR) is 125 cm³/mol. The maximum atomic E-state index is 13.9. The molecule has 0 saturated carbocycles. The first-order valence-corrected chi connectivity index (χ1v) is 11.0. The van der Waals surface area contributed by atoms with Crippen LogP contribution in [0.2, 0.25) is 0 Å². The summed E-state index contributed by atoms with van der Waals surface area (Å²) in [4.78, 5) is 12.7. The fourth-order valence-electron chi connectivity index (χ4n) is 3.47. The largest absolute Gasteiger partial charge is 0.305 e. The average molecular weight is 496 g/mol. The highest BCUT2D eigenvalue weighted by atomic mass is 79.9. The maximum Gasteiger partial charge on any atom is 0.256 e. The molecule has 8 heteroatoms. The zero-order valence-corrected chi connectivity index (χ0v) is 19.6. The van der Waals surface area contributed by atoms with Gasteiger partial charge in [0, 0.05) is 22.9 Å². The Hall–Kier alpha value is -3.26. The number of amides is 1. The van der Waals surface area contributed by atoms with Crippen molar-refractivity contribution in [3.63, 3.8) is 0 Å². The third kappa shape index (κ3) is 4.65. The first kappa shape index (κ1) is 22.0. The molecule has 0 spiro atoms. The Kier molecular flexibility index (Phi) is 6.23. The normalized spacial score (nSPS) is 11.0. The van der Waals surface area contributed by atoms with Crippen molar-refractivity contribution < 1.29 is 9.18 Å². The number of carbonyl (C=O) groups excluding carboxylic acids is 1. The van der Waals surface area contributed by atoms with Gasteiger partial charge in [-0.2, -0.15) is 10.2 Å². The molecule has 0 atom stereocenters. The summed E-state index contributed by atoms with van der Waals surface area (Å²) in [6.45, 7) is 6.76. The lowest BCUT2D eigenvalue weighted by atomic mass is 10.1. The number of rotatable bonds is 6. The van der Waals surface area contributed by atoms with E-state index in [2.05, 4.69) is 31.4 Å². The number of aryl methyl sites for hydroxylation is 2. The lowest BCUT2D eigenvalue weighted by Crippen LogP contribution is -2.13. The highest BCUT2D eigenvalue weighted by Crippen LogP contribution is 2.21. The summed E-state index contributed by atoms with van der Waals surface area (Å²) in [5.41, 5.74) is 4.96. The van der Waals surface area contributed by atoms with Gasteiger partial charge in [-0.25, -0.2) is 4.39 Å². The van der Waals surface area contributed by atoms with Gasteiger partial charge in [0.25, 0.3) is 5.91 Å². The Morgan fingerprint density at radius 2 is 1.72 bits per heavy atom. The third-order valence-corrected chi connectivity index (χ3v) is 6.49. The first-order valence-electron chi connectivity index (χ1n) is 10.2. The number of carbonyl (C=O) groups is 1. The number of benzene rings is 2. The third-order valence-electron chi connectivity index (χ3n) is 5.34. The number of anilines is 1. The summed E-state index contributed by atoms with van der Waals surface area (Å²) in [5, 5.41) is 11.7. The van der Waals surface area contributed by atoms with Gasteiger partial charge in [0.2, 0.25) is 0 Å². The van der Waals surface area contributed by atoms with Crippen LogP contribution in [0.15, 0.2) is 59.1 Å². The Morgan fingerprint density at radius 1 is 1.00 bits per heavy atom. The van der Waals surface area contributed by atoms with Crippen molar-refractivity contribution in [3.05, 3.63) is 98.7 Å². The molecule has 4 aromatic rings. The second-order valence-electron chi connectivity index (χ2n) is 7.71. The minimum atomic E-state index is -0.277. The number of nitrogens with zero attached hydrogens (tertiary/aromatic N) is 4. The number of hydrogen-bond donors (Lipinski definition) is 1. The summed E-state index contributed by atoms with van der Waals surface area (Å²) < 4.78 is 18.6. The highest BCUT2D eigenvalue weighted by Gasteiger charge is 2.13. The van der Waals surface area contributed by atoms with E-state index in [0.717, 1.165) is 27.1 Å². The molecule has 0 bridgehead atoms. The molecule has 2 aromatic heterocycles. The summed E-state index contributed by atoms with van der Waals surface area (Å²) >= 11 is 3.54. The van der Waals surface area contributed by atoms with Crippen molar-refractivity contribution in [3.8, 4) is 0 Å². The van der Waals surface area contributed by atoms with Crippen LogP contribution >= 0.6 is 15.9 Å². The highest BCUT2D eigenvalue weighted by molar-refractivity contribution is 9.10. The quantitative estimate of drug-likeness (QED) is 0.397. The average Bonchev–Trinajstić information content (AvgIpc) is 3.23. The first-order chi connectivity index (χ1) is 15.3. The van der Waals surface area contributed by atoms with Crippen LogP contribution in [0, 0.1) is 26.6 Å². The molecular formula is C24H23BrFN5O. The standard InChI is InChI=1S/C24H23BrFN5O/c1-15-12-22(29-30(15)14-20-6-4-5-7-21(20)26)27-24(32)19-10-8-18(9-11-19)13-31-17(3)23(25)16(2)28-31/h4-12H,13-14H2,1-3H3,(H,27,29,32). The molecule has 164 valence electrons. The summed E-state index contributed by atoms with van der Waals surface area (Å²) in [6.07, 6.45) is 0. The molecule has 0 aliphatic carbocycles. The van der Waals surface area contributed by atoms with E-state index >= 15 is 0 Å². The van der Waals surface area contributed by atoms with E-state index < -0.39 is 0 Å². The van der Waals surface area contributed by atoms with Gasteiger partial charge in [-0.15, -0.1) is 0 Å². The Morgan fingerprint density at radius 3 is 2.38 bits per heavy atom. The molecule has 0 radical (unpaired) electrons. The van der Waals surface area contributed by atoms with Crippen LogP contribution in [0.25, 0.3) is 0 Å². The van der Waals surface area contributed by atoms with Crippen LogP contribution in [-0.2, 0) is 13.1 Å². The molecular weight excluding hydrogens is 473 g/mol. The van der Waals surface area contributed by atoms with Crippen molar-refractivity contribution in [1.82, 2.24) is 19.6 Å². The van der Waals surface area contributed by atoms with Gasteiger partial charge < -0.3 is 5.32 Å². The molecule has 2 heterocycles.